The average Bonchev–Trinajstić information content (AvgIpc) is 2.66. The fraction of sp³-hybridized carbons (Fsp3) is 0.600. The van der Waals surface area contributed by atoms with Gasteiger partial charge >= 0.3 is 0 Å². The molecule has 18 heavy (non-hydrogen) atoms. The van der Waals surface area contributed by atoms with E-state index in [9.17, 15) is 4.79 Å². The van der Waals surface area contributed by atoms with Gasteiger partial charge in [-0.15, -0.1) is 0 Å². The molecule has 0 aliphatic heterocycles. The molecule has 0 bridgehead atoms. The van der Waals surface area contributed by atoms with E-state index < -0.39 is 5.60 Å². The second-order valence-electron chi connectivity index (χ2n) is 4.91. The van der Waals surface area contributed by atoms with Gasteiger partial charge in [-0.25, -0.2) is 0 Å². The molecule has 0 radical (unpaired) electrons. The van der Waals surface area contributed by atoms with Crippen molar-refractivity contribution in [1.29, 1.82) is 0 Å². The highest BCUT2D eigenvalue weighted by molar-refractivity contribution is 6.02. The van der Waals surface area contributed by atoms with E-state index in [1.54, 1.807) is 12.4 Å². The van der Waals surface area contributed by atoms with Crippen molar-refractivity contribution in [2.24, 2.45) is 0 Å². The Labute approximate surface area is 109 Å². The van der Waals surface area contributed by atoms with Crippen molar-refractivity contribution in [3.05, 3.63) is 30.1 Å². The lowest BCUT2D eigenvalue weighted by Gasteiger charge is -2.31. The molecule has 0 unspecified atom stereocenters. The lowest BCUT2D eigenvalue weighted by molar-refractivity contribution is -0.0292. The third-order valence-corrected chi connectivity index (χ3v) is 3.67. The van der Waals surface area contributed by atoms with Gasteiger partial charge in [-0.3, -0.25) is 9.78 Å². The van der Waals surface area contributed by atoms with Crippen LogP contribution in [0.5, 0.6) is 0 Å². The molecule has 1 aromatic heterocycles. The van der Waals surface area contributed by atoms with Gasteiger partial charge in [-0.05, 0) is 31.9 Å². The number of nitrogens with zero attached hydrogens (tertiary/aromatic N) is 1. The number of pyridine rings is 1. The number of hydrogen-bond acceptors (Lipinski definition) is 3. The molecule has 1 heterocycles. The van der Waals surface area contributed by atoms with Gasteiger partial charge in [0, 0.05) is 24.6 Å². The second-order valence-corrected chi connectivity index (χ2v) is 4.91. The topological polar surface area (TPSA) is 39.2 Å². The van der Waals surface area contributed by atoms with Gasteiger partial charge in [0.05, 0.1) is 0 Å². The minimum atomic E-state index is -0.603. The molecule has 1 aliphatic carbocycles. The average molecular weight is 247 g/mol. The van der Waals surface area contributed by atoms with Gasteiger partial charge in [0.15, 0.2) is 5.78 Å². The van der Waals surface area contributed by atoms with E-state index in [1.165, 1.54) is 12.8 Å². The van der Waals surface area contributed by atoms with Gasteiger partial charge in [-0.2, -0.15) is 0 Å². The van der Waals surface area contributed by atoms with Crippen molar-refractivity contribution in [3.63, 3.8) is 0 Å². The van der Waals surface area contributed by atoms with Gasteiger partial charge in [0.25, 0.3) is 0 Å². The van der Waals surface area contributed by atoms with E-state index in [1.807, 2.05) is 19.1 Å². The fourth-order valence-corrected chi connectivity index (χ4v) is 2.77. The Morgan fingerprint density at radius 3 is 2.61 bits per heavy atom. The summed E-state index contributed by atoms with van der Waals surface area (Å²) in [4.78, 5) is 16.7. The summed E-state index contributed by atoms with van der Waals surface area (Å²) in [5.74, 6) is 0.111. The molecule has 3 nitrogen and oxygen atoms in total. The van der Waals surface area contributed by atoms with Crippen LogP contribution in [0.4, 0.5) is 0 Å². The number of carbonyl (C=O) groups is 1. The van der Waals surface area contributed by atoms with E-state index in [4.69, 9.17) is 4.74 Å². The van der Waals surface area contributed by atoms with Crippen LogP contribution in [0.1, 0.15) is 55.8 Å². The molecule has 0 atom stereocenters. The van der Waals surface area contributed by atoms with E-state index in [2.05, 4.69) is 4.98 Å². The standard InChI is InChI=1S/C15H21NO2/c1-2-18-15(9-5-3-4-6-10-15)14(17)13-8-7-11-16-12-13/h7-8,11-12H,2-6,9-10H2,1H3. The summed E-state index contributed by atoms with van der Waals surface area (Å²) in [6, 6.07) is 3.64. The summed E-state index contributed by atoms with van der Waals surface area (Å²) in [6.45, 7) is 2.55. The van der Waals surface area contributed by atoms with Crippen molar-refractivity contribution in [3.8, 4) is 0 Å². The SMILES string of the molecule is CCOC1(C(=O)c2cccnc2)CCCCCC1. The zero-order valence-electron chi connectivity index (χ0n) is 11.0. The van der Waals surface area contributed by atoms with Gasteiger partial charge in [-0.1, -0.05) is 25.7 Å². The summed E-state index contributed by atoms with van der Waals surface area (Å²) in [7, 11) is 0. The zero-order valence-corrected chi connectivity index (χ0v) is 11.0. The Morgan fingerprint density at radius 1 is 1.33 bits per heavy atom. The minimum Gasteiger partial charge on any atom is -0.367 e. The predicted octanol–water partition coefficient (Wildman–Crippen LogP) is 3.39. The molecule has 98 valence electrons. The highest BCUT2D eigenvalue weighted by Crippen LogP contribution is 2.33. The quantitative estimate of drug-likeness (QED) is 0.604. The molecule has 0 N–H and O–H groups in total. The van der Waals surface area contributed by atoms with Crippen molar-refractivity contribution in [2.45, 2.75) is 51.0 Å². The van der Waals surface area contributed by atoms with Crippen molar-refractivity contribution in [1.82, 2.24) is 4.98 Å². The summed E-state index contributed by atoms with van der Waals surface area (Å²) in [6.07, 6.45) is 9.58. The first-order valence-corrected chi connectivity index (χ1v) is 6.87. The number of Topliss-reactive ketones (excluding diaryl/α,β-unsaturated/α-hetero) is 1. The number of ketones is 1. The van der Waals surface area contributed by atoms with E-state index in [-0.39, 0.29) is 5.78 Å². The van der Waals surface area contributed by atoms with Crippen molar-refractivity contribution < 1.29 is 9.53 Å². The lowest BCUT2D eigenvalue weighted by atomic mass is 9.86. The third kappa shape index (κ3) is 2.78. The van der Waals surface area contributed by atoms with Gasteiger partial charge in [0.1, 0.15) is 5.60 Å². The van der Waals surface area contributed by atoms with Crippen molar-refractivity contribution in [2.75, 3.05) is 6.61 Å². The molecule has 0 amide bonds. The molecular formula is C15H21NO2. The summed E-state index contributed by atoms with van der Waals surface area (Å²) >= 11 is 0. The van der Waals surface area contributed by atoms with E-state index >= 15 is 0 Å². The van der Waals surface area contributed by atoms with Crippen LogP contribution in [0.15, 0.2) is 24.5 Å². The molecular weight excluding hydrogens is 226 g/mol. The first kappa shape index (κ1) is 13.2. The van der Waals surface area contributed by atoms with Crippen LogP contribution in [0.2, 0.25) is 0 Å². The Hall–Kier alpha value is -1.22. The number of carbonyl (C=O) groups excluding carboxylic acids is 1. The summed E-state index contributed by atoms with van der Waals surface area (Å²) in [5, 5.41) is 0. The second kappa shape index (κ2) is 6.10. The number of aromatic nitrogens is 1. The maximum Gasteiger partial charge on any atom is 0.196 e. The van der Waals surface area contributed by atoms with Gasteiger partial charge < -0.3 is 4.74 Å². The third-order valence-electron chi connectivity index (χ3n) is 3.67. The number of ether oxygens (including phenoxy) is 1. The first-order valence-electron chi connectivity index (χ1n) is 6.87. The predicted molar refractivity (Wildman–Crippen MR) is 70.6 cm³/mol. The molecule has 1 saturated carbocycles. The van der Waals surface area contributed by atoms with Crippen LogP contribution in [0.3, 0.4) is 0 Å². The monoisotopic (exact) mass is 247 g/mol. The molecule has 1 aromatic rings. The van der Waals surface area contributed by atoms with E-state index in [0.29, 0.717) is 12.2 Å². The van der Waals surface area contributed by atoms with Crippen LogP contribution in [0, 0.1) is 0 Å². The van der Waals surface area contributed by atoms with Crippen LogP contribution >= 0.6 is 0 Å². The molecule has 0 saturated heterocycles. The maximum absolute atomic E-state index is 12.7. The Bertz CT molecular complexity index is 381. The maximum atomic E-state index is 12.7. The number of rotatable bonds is 4. The van der Waals surface area contributed by atoms with Gasteiger partial charge in [0.2, 0.25) is 0 Å². The Kier molecular flexibility index (Phi) is 4.48. The largest absolute Gasteiger partial charge is 0.367 e. The van der Waals surface area contributed by atoms with Crippen LogP contribution < -0.4 is 0 Å². The smallest absolute Gasteiger partial charge is 0.196 e. The Morgan fingerprint density at radius 2 is 2.06 bits per heavy atom. The lowest BCUT2D eigenvalue weighted by Crippen LogP contribution is -2.41. The molecule has 0 aromatic carbocycles. The Balaban J connectivity index is 2.25. The van der Waals surface area contributed by atoms with Crippen LogP contribution in [0.25, 0.3) is 0 Å². The van der Waals surface area contributed by atoms with Crippen LogP contribution in [-0.2, 0) is 4.74 Å². The molecule has 3 heteroatoms. The molecule has 0 spiro atoms. The van der Waals surface area contributed by atoms with Crippen molar-refractivity contribution >= 4 is 5.78 Å². The molecule has 1 aliphatic rings. The molecule has 1 fully saturated rings. The summed E-state index contributed by atoms with van der Waals surface area (Å²) < 4.78 is 5.89. The summed E-state index contributed by atoms with van der Waals surface area (Å²) in [5.41, 5.74) is 0.0710. The number of hydrogen-bond donors (Lipinski definition) is 0. The fourth-order valence-electron chi connectivity index (χ4n) is 2.77. The zero-order chi connectivity index (χ0) is 12.8. The van der Waals surface area contributed by atoms with Crippen LogP contribution in [-0.4, -0.2) is 23.0 Å². The highest BCUT2D eigenvalue weighted by Gasteiger charge is 2.39. The molecule has 2 rings (SSSR count). The first-order chi connectivity index (χ1) is 8.78. The van der Waals surface area contributed by atoms with E-state index in [0.717, 1.165) is 25.7 Å². The highest BCUT2D eigenvalue weighted by atomic mass is 16.5. The normalized spacial score (nSPS) is 19.2. The minimum absolute atomic E-state index is 0.111.